The highest BCUT2D eigenvalue weighted by molar-refractivity contribution is 6.29. The number of hydrogen-bond donors (Lipinski definition) is 3. The van der Waals surface area contributed by atoms with Crippen LogP contribution in [0.25, 0.3) is 0 Å². The van der Waals surface area contributed by atoms with Crippen LogP contribution in [0.1, 0.15) is 49.9 Å². The second kappa shape index (κ2) is 10.1. The van der Waals surface area contributed by atoms with Crippen molar-refractivity contribution in [1.29, 1.82) is 0 Å². The van der Waals surface area contributed by atoms with E-state index in [0.717, 1.165) is 0 Å². The average Bonchev–Trinajstić information content (AvgIpc) is 3.27. The summed E-state index contributed by atoms with van der Waals surface area (Å²) >= 11 is 5.28. The largest absolute Gasteiger partial charge is 0.361 e. The Labute approximate surface area is 184 Å². The van der Waals surface area contributed by atoms with Gasteiger partial charge in [0.05, 0.1) is 12.5 Å². The Hall–Kier alpha value is -2.69. The molecule has 0 saturated carbocycles. The number of alkyl halides is 2. The molecule has 3 N–H and O–H groups in total. The van der Waals surface area contributed by atoms with Crippen LogP contribution < -0.4 is 16.1 Å². The Balaban J connectivity index is 2.17. The molecule has 1 aliphatic rings. The fourth-order valence-electron chi connectivity index (χ4n) is 3.09. The first-order valence-corrected chi connectivity index (χ1v) is 10.2. The highest BCUT2D eigenvalue weighted by Gasteiger charge is 2.34. The Bertz CT molecular complexity index is 838. The minimum Gasteiger partial charge on any atom is -0.361 e. The van der Waals surface area contributed by atoms with Crippen LogP contribution in [-0.2, 0) is 14.4 Å². The van der Waals surface area contributed by atoms with Crippen LogP contribution >= 0.6 is 11.6 Å². The molecule has 3 atom stereocenters. The Morgan fingerprint density at radius 3 is 2.58 bits per heavy atom. The van der Waals surface area contributed by atoms with Crippen LogP contribution in [0, 0.1) is 18.3 Å². The van der Waals surface area contributed by atoms with E-state index >= 15 is 0 Å². The molecular formula is C19H27ClFN5O5. The number of rotatable bonds is 7. The van der Waals surface area contributed by atoms with Crippen molar-refractivity contribution in [2.45, 2.75) is 52.2 Å². The third kappa shape index (κ3) is 7.20. The summed E-state index contributed by atoms with van der Waals surface area (Å²) in [5, 5.41) is 9.48. The molecule has 1 aromatic heterocycles. The molecule has 4 amide bonds. The van der Waals surface area contributed by atoms with Crippen molar-refractivity contribution < 1.29 is 28.1 Å². The molecule has 1 fully saturated rings. The highest BCUT2D eigenvalue weighted by atomic mass is 35.5. The smallest absolute Gasteiger partial charge is 0.291 e. The minimum absolute atomic E-state index is 0.00986. The standard InChI is InChI=1S/C19H27ClFN5O5/c1-10-7-12(25-31-10)16(28)23-13(8-19(2,3)4)17(29)24-26(18(30)14(20)21)9-11-5-6-22-15(11)27/h7,11,13-14H,5-6,8-9H2,1-4H3,(H,22,27)(H,23,28)(H,24,29)/t11-,13+,14+/m1/s1. The van der Waals surface area contributed by atoms with Crippen molar-refractivity contribution in [2.75, 3.05) is 13.1 Å². The summed E-state index contributed by atoms with van der Waals surface area (Å²) in [5.41, 5.74) is -0.486. The fourth-order valence-corrected chi connectivity index (χ4v) is 3.20. The van der Waals surface area contributed by atoms with Crippen molar-refractivity contribution in [3.8, 4) is 0 Å². The zero-order valence-electron chi connectivity index (χ0n) is 17.8. The predicted molar refractivity (Wildman–Crippen MR) is 108 cm³/mol. The van der Waals surface area contributed by atoms with Gasteiger partial charge in [-0.2, -0.15) is 0 Å². The lowest BCUT2D eigenvalue weighted by atomic mass is 9.87. The molecule has 0 unspecified atom stereocenters. The van der Waals surface area contributed by atoms with Gasteiger partial charge in [-0.15, -0.1) is 0 Å². The van der Waals surface area contributed by atoms with Gasteiger partial charge in [0.15, 0.2) is 5.69 Å². The first-order chi connectivity index (χ1) is 14.4. The van der Waals surface area contributed by atoms with E-state index in [-0.39, 0.29) is 30.0 Å². The lowest BCUT2D eigenvalue weighted by Gasteiger charge is -2.30. The molecule has 1 saturated heterocycles. The SMILES string of the molecule is Cc1cc(C(=O)N[C@@H](CC(C)(C)C)C(=O)NN(C[C@H]2CCNC2=O)C(=O)[C@H](F)Cl)no1. The third-order valence-electron chi connectivity index (χ3n) is 4.56. The van der Waals surface area contributed by atoms with Crippen molar-refractivity contribution in [2.24, 2.45) is 11.3 Å². The van der Waals surface area contributed by atoms with Gasteiger partial charge in [0.1, 0.15) is 11.8 Å². The molecule has 0 bridgehead atoms. The molecule has 172 valence electrons. The number of hydrogen-bond acceptors (Lipinski definition) is 6. The molecule has 0 spiro atoms. The molecule has 1 aliphatic heterocycles. The zero-order valence-corrected chi connectivity index (χ0v) is 18.6. The number of nitrogens with zero attached hydrogens (tertiary/aromatic N) is 2. The van der Waals surface area contributed by atoms with Crippen molar-refractivity contribution >= 4 is 35.2 Å². The normalized spacial score (nSPS) is 18.1. The van der Waals surface area contributed by atoms with Gasteiger partial charge in [0, 0.05) is 12.6 Å². The number of hydrazine groups is 1. The van der Waals surface area contributed by atoms with E-state index in [1.54, 1.807) is 6.92 Å². The lowest BCUT2D eigenvalue weighted by molar-refractivity contribution is -0.145. The highest BCUT2D eigenvalue weighted by Crippen LogP contribution is 2.22. The number of carbonyl (C=O) groups excluding carboxylic acids is 4. The van der Waals surface area contributed by atoms with Crippen LogP contribution in [0.5, 0.6) is 0 Å². The molecule has 10 nitrogen and oxygen atoms in total. The number of aromatic nitrogens is 1. The van der Waals surface area contributed by atoms with E-state index < -0.39 is 35.3 Å². The number of amides is 4. The maximum absolute atomic E-state index is 13.5. The molecular weight excluding hydrogens is 433 g/mol. The number of aryl methyl sites for hydroxylation is 1. The van der Waals surface area contributed by atoms with Crippen LogP contribution in [0.2, 0.25) is 0 Å². The van der Waals surface area contributed by atoms with E-state index in [1.807, 2.05) is 20.8 Å². The predicted octanol–water partition coefficient (Wildman–Crippen LogP) is 1.05. The minimum atomic E-state index is -2.40. The van der Waals surface area contributed by atoms with Gasteiger partial charge in [-0.3, -0.25) is 24.6 Å². The first-order valence-electron chi connectivity index (χ1n) is 9.79. The third-order valence-corrected chi connectivity index (χ3v) is 4.75. The first kappa shape index (κ1) is 24.6. The summed E-state index contributed by atoms with van der Waals surface area (Å²) in [7, 11) is 0. The van der Waals surface area contributed by atoms with Crippen molar-refractivity contribution in [1.82, 2.24) is 26.2 Å². The summed E-state index contributed by atoms with van der Waals surface area (Å²) in [5.74, 6) is -3.11. The van der Waals surface area contributed by atoms with E-state index in [4.69, 9.17) is 16.1 Å². The van der Waals surface area contributed by atoms with Gasteiger partial charge in [0.25, 0.3) is 23.4 Å². The van der Waals surface area contributed by atoms with E-state index in [0.29, 0.717) is 23.7 Å². The number of nitrogens with one attached hydrogen (secondary N) is 3. The second-order valence-corrected chi connectivity index (χ2v) is 9.00. The molecule has 2 heterocycles. The summed E-state index contributed by atoms with van der Waals surface area (Å²) in [4.78, 5) is 49.5. The maximum atomic E-state index is 13.5. The van der Waals surface area contributed by atoms with Crippen LogP contribution in [0.4, 0.5) is 4.39 Å². The summed E-state index contributed by atoms with van der Waals surface area (Å²) < 4.78 is 18.4. The molecule has 0 aliphatic carbocycles. The quantitative estimate of drug-likeness (QED) is 0.412. The number of halogens is 2. The van der Waals surface area contributed by atoms with Gasteiger partial charge in [-0.25, -0.2) is 9.40 Å². The molecule has 31 heavy (non-hydrogen) atoms. The van der Waals surface area contributed by atoms with Gasteiger partial charge >= 0.3 is 0 Å². The van der Waals surface area contributed by atoms with Gasteiger partial charge in [0.2, 0.25) is 5.91 Å². The van der Waals surface area contributed by atoms with Gasteiger partial charge in [-0.1, -0.05) is 37.5 Å². The second-order valence-electron chi connectivity index (χ2n) is 8.62. The summed E-state index contributed by atoms with van der Waals surface area (Å²) in [6.07, 6.45) is 0.624. The fraction of sp³-hybridized carbons (Fsp3) is 0.632. The Morgan fingerprint density at radius 1 is 1.42 bits per heavy atom. The molecule has 0 radical (unpaired) electrons. The monoisotopic (exact) mass is 459 g/mol. The van der Waals surface area contributed by atoms with Crippen LogP contribution in [0.15, 0.2) is 10.6 Å². The van der Waals surface area contributed by atoms with E-state index in [2.05, 4.69) is 21.2 Å². The van der Waals surface area contributed by atoms with Gasteiger partial charge < -0.3 is 15.2 Å². The average molecular weight is 460 g/mol. The molecule has 2 rings (SSSR count). The Morgan fingerprint density at radius 2 is 2.10 bits per heavy atom. The maximum Gasteiger partial charge on any atom is 0.291 e. The Kier molecular flexibility index (Phi) is 7.99. The van der Waals surface area contributed by atoms with E-state index in [1.165, 1.54) is 6.07 Å². The summed E-state index contributed by atoms with van der Waals surface area (Å²) in [6.45, 7) is 7.37. The number of carbonyl (C=O) groups is 4. The lowest BCUT2D eigenvalue weighted by Crippen LogP contribution is -2.57. The van der Waals surface area contributed by atoms with Crippen molar-refractivity contribution in [3.63, 3.8) is 0 Å². The molecule has 12 heteroatoms. The van der Waals surface area contributed by atoms with Crippen molar-refractivity contribution in [3.05, 3.63) is 17.5 Å². The summed E-state index contributed by atoms with van der Waals surface area (Å²) in [6, 6.07) is 0.336. The zero-order chi connectivity index (χ0) is 23.3. The molecule has 1 aromatic rings. The van der Waals surface area contributed by atoms with E-state index in [9.17, 15) is 23.6 Å². The van der Waals surface area contributed by atoms with Crippen LogP contribution in [0.3, 0.4) is 0 Å². The van der Waals surface area contributed by atoms with Crippen LogP contribution in [-0.4, -0.2) is 58.6 Å². The topological polar surface area (TPSA) is 134 Å². The molecule has 0 aromatic carbocycles. The van der Waals surface area contributed by atoms with Gasteiger partial charge in [-0.05, 0) is 25.2 Å².